The summed E-state index contributed by atoms with van der Waals surface area (Å²) in [5.74, 6) is 0.408. The zero-order chi connectivity index (χ0) is 15.2. The van der Waals surface area contributed by atoms with Crippen molar-refractivity contribution in [3.05, 3.63) is 29.6 Å². The number of benzene rings is 1. The summed E-state index contributed by atoms with van der Waals surface area (Å²) in [6.07, 6.45) is 2.32. The summed E-state index contributed by atoms with van der Waals surface area (Å²) in [6, 6.07) is 5.68. The molecule has 3 nitrogen and oxygen atoms in total. The van der Waals surface area contributed by atoms with Crippen LogP contribution < -0.4 is 10.2 Å². The molecule has 1 N–H and O–H groups in total. The number of nitrogens with one attached hydrogen (secondary N) is 1. The van der Waals surface area contributed by atoms with Crippen LogP contribution in [-0.4, -0.2) is 32.8 Å². The molecule has 0 amide bonds. The zero-order valence-electron chi connectivity index (χ0n) is 13.4. The Morgan fingerprint density at radius 2 is 2.24 bits per heavy atom. The van der Waals surface area contributed by atoms with E-state index in [9.17, 15) is 4.39 Å². The highest BCUT2D eigenvalue weighted by molar-refractivity contribution is 5.53. The Bertz CT molecular complexity index is 444. The first-order chi connectivity index (χ1) is 10.1. The van der Waals surface area contributed by atoms with Crippen LogP contribution in [0.2, 0.25) is 0 Å². The van der Waals surface area contributed by atoms with E-state index in [1.165, 1.54) is 6.42 Å². The van der Waals surface area contributed by atoms with Gasteiger partial charge in [0.15, 0.2) is 0 Å². The van der Waals surface area contributed by atoms with Gasteiger partial charge in [0.25, 0.3) is 0 Å². The van der Waals surface area contributed by atoms with E-state index in [2.05, 4.69) is 24.1 Å². The van der Waals surface area contributed by atoms with Crippen molar-refractivity contribution in [1.82, 2.24) is 5.32 Å². The van der Waals surface area contributed by atoms with Crippen LogP contribution in [0.1, 0.15) is 32.3 Å². The predicted octanol–water partition coefficient (Wildman–Crippen LogP) is 3.19. The maximum Gasteiger partial charge on any atom is 0.129 e. The van der Waals surface area contributed by atoms with E-state index in [4.69, 9.17) is 4.74 Å². The van der Waals surface area contributed by atoms with Gasteiger partial charge in [-0.1, -0.05) is 19.9 Å². The van der Waals surface area contributed by atoms with Gasteiger partial charge in [0.2, 0.25) is 0 Å². The quantitative estimate of drug-likeness (QED) is 0.872. The van der Waals surface area contributed by atoms with Crippen molar-refractivity contribution in [3.8, 4) is 0 Å². The third-order valence-corrected chi connectivity index (χ3v) is 3.98. The molecule has 0 spiro atoms. The van der Waals surface area contributed by atoms with Gasteiger partial charge in [-0.3, -0.25) is 0 Å². The average molecular weight is 294 g/mol. The predicted molar refractivity (Wildman–Crippen MR) is 85.2 cm³/mol. The largest absolute Gasteiger partial charge is 0.381 e. The fourth-order valence-corrected chi connectivity index (χ4v) is 2.82. The summed E-state index contributed by atoms with van der Waals surface area (Å²) in [7, 11) is 2.04. The van der Waals surface area contributed by atoms with Gasteiger partial charge in [-0.05, 0) is 30.9 Å². The van der Waals surface area contributed by atoms with Crippen molar-refractivity contribution in [2.75, 3.05) is 31.7 Å². The molecule has 4 heteroatoms. The van der Waals surface area contributed by atoms with Crippen molar-refractivity contribution >= 4 is 5.69 Å². The van der Waals surface area contributed by atoms with E-state index < -0.39 is 0 Å². The van der Waals surface area contributed by atoms with E-state index in [1.807, 2.05) is 13.1 Å². The summed E-state index contributed by atoms with van der Waals surface area (Å²) in [6.45, 7) is 7.32. The summed E-state index contributed by atoms with van der Waals surface area (Å²) in [5, 5.41) is 3.31. The van der Waals surface area contributed by atoms with Crippen LogP contribution in [-0.2, 0) is 11.3 Å². The lowest BCUT2D eigenvalue weighted by Gasteiger charge is -2.30. The minimum Gasteiger partial charge on any atom is -0.381 e. The third kappa shape index (κ3) is 4.68. The van der Waals surface area contributed by atoms with Gasteiger partial charge >= 0.3 is 0 Å². The maximum absolute atomic E-state index is 14.1. The van der Waals surface area contributed by atoms with Crippen LogP contribution in [0.4, 0.5) is 10.1 Å². The Balaban J connectivity index is 2.07. The van der Waals surface area contributed by atoms with Crippen LogP contribution in [0.3, 0.4) is 0 Å². The molecule has 21 heavy (non-hydrogen) atoms. The highest BCUT2D eigenvalue weighted by Crippen LogP contribution is 2.25. The smallest absolute Gasteiger partial charge is 0.129 e. The molecule has 1 fully saturated rings. The second kappa shape index (κ2) is 7.76. The van der Waals surface area contributed by atoms with E-state index >= 15 is 0 Å². The van der Waals surface area contributed by atoms with Crippen molar-refractivity contribution in [3.63, 3.8) is 0 Å². The number of halogens is 1. The Hall–Kier alpha value is -1.13. The molecule has 1 unspecified atom stereocenters. The molecule has 1 heterocycles. The van der Waals surface area contributed by atoms with Crippen molar-refractivity contribution in [2.24, 2.45) is 5.92 Å². The number of hydrogen-bond acceptors (Lipinski definition) is 3. The topological polar surface area (TPSA) is 24.5 Å². The molecule has 1 aromatic carbocycles. The lowest BCUT2D eigenvalue weighted by Crippen LogP contribution is -2.32. The molecule has 1 saturated heterocycles. The van der Waals surface area contributed by atoms with E-state index in [-0.39, 0.29) is 5.82 Å². The summed E-state index contributed by atoms with van der Waals surface area (Å²) < 4.78 is 19.7. The third-order valence-electron chi connectivity index (χ3n) is 3.98. The molecule has 2 rings (SSSR count). The lowest BCUT2D eigenvalue weighted by atomic mass is 10.0. The van der Waals surface area contributed by atoms with Gasteiger partial charge in [0.1, 0.15) is 5.82 Å². The van der Waals surface area contributed by atoms with Crippen molar-refractivity contribution < 1.29 is 9.13 Å². The highest BCUT2D eigenvalue weighted by Gasteiger charge is 2.18. The second-order valence-corrected chi connectivity index (χ2v) is 6.24. The Morgan fingerprint density at radius 1 is 1.43 bits per heavy atom. The van der Waals surface area contributed by atoms with Gasteiger partial charge < -0.3 is 15.0 Å². The minimum atomic E-state index is -0.132. The standard InChI is InChI=1S/C17H27FN2O/c1-13(2)19-10-15-16(18)7-4-8-17(15)20(3)11-14-6-5-9-21-12-14/h4,7-8,13-14,19H,5-6,9-12H2,1-3H3. The molecule has 1 aromatic rings. The molecule has 0 aromatic heterocycles. The first-order valence-corrected chi connectivity index (χ1v) is 7.87. The zero-order valence-corrected chi connectivity index (χ0v) is 13.4. The van der Waals surface area contributed by atoms with Crippen LogP contribution in [0.25, 0.3) is 0 Å². The average Bonchev–Trinajstić information content (AvgIpc) is 2.46. The van der Waals surface area contributed by atoms with Gasteiger partial charge in [-0.15, -0.1) is 0 Å². The molecular formula is C17H27FN2O. The first-order valence-electron chi connectivity index (χ1n) is 7.87. The number of anilines is 1. The van der Waals surface area contributed by atoms with Gasteiger partial charge in [0, 0.05) is 44.0 Å². The number of hydrogen-bond donors (Lipinski definition) is 1. The summed E-state index contributed by atoms with van der Waals surface area (Å²) in [5.41, 5.74) is 1.74. The van der Waals surface area contributed by atoms with Crippen molar-refractivity contribution in [2.45, 2.75) is 39.3 Å². The van der Waals surface area contributed by atoms with Gasteiger partial charge in [0.05, 0.1) is 6.61 Å². The van der Waals surface area contributed by atoms with Crippen LogP contribution in [0.5, 0.6) is 0 Å². The maximum atomic E-state index is 14.1. The first kappa shape index (κ1) is 16.2. The SMILES string of the molecule is CC(C)NCc1c(F)cccc1N(C)CC1CCCOC1. The summed E-state index contributed by atoms with van der Waals surface area (Å²) in [4.78, 5) is 2.17. The normalized spacial score (nSPS) is 19.0. The van der Waals surface area contributed by atoms with E-state index in [1.54, 1.807) is 12.1 Å². The Labute approximate surface area is 127 Å². The molecule has 0 saturated carbocycles. The highest BCUT2D eigenvalue weighted by atomic mass is 19.1. The molecule has 0 bridgehead atoms. The van der Waals surface area contributed by atoms with E-state index in [0.717, 1.165) is 37.4 Å². The Kier molecular flexibility index (Phi) is 6.00. The molecule has 1 atom stereocenters. The molecular weight excluding hydrogens is 267 g/mol. The fourth-order valence-electron chi connectivity index (χ4n) is 2.82. The molecule has 0 radical (unpaired) electrons. The number of ether oxygens (including phenoxy) is 1. The molecule has 0 aliphatic carbocycles. The van der Waals surface area contributed by atoms with Crippen LogP contribution in [0.15, 0.2) is 18.2 Å². The summed E-state index contributed by atoms with van der Waals surface area (Å²) >= 11 is 0. The lowest BCUT2D eigenvalue weighted by molar-refractivity contribution is 0.0576. The van der Waals surface area contributed by atoms with Crippen LogP contribution in [0, 0.1) is 11.7 Å². The van der Waals surface area contributed by atoms with E-state index in [0.29, 0.717) is 18.5 Å². The second-order valence-electron chi connectivity index (χ2n) is 6.24. The monoisotopic (exact) mass is 294 g/mol. The molecule has 1 aliphatic rings. The molecule has 1 aliphatic heterocycles. The van der Waals surface area contributed by atoms with Gasteiger partial charge in [-0.2, -0.15) is 0 Å². The fraction of sp³-hybridized carbons (Fsp3) is 0.647. The Morgan fingerprint density at radius 3 is 2.90 bits per heavy atom. The number of nitrogens with zero attached hydrogens (tertiary/aromatic N) is 1. The number of rotatable bonds is 6. The minimum absolute atomic E-state index is 0.132. The molecule has 118 valence electrons. The van der Waals surface area contributed by atoms with Gasteiger partial charge in [-0.25, -0.2) is 4.39 Å². The van der Waals surface area contributed by atoms with Crippen LogP contribution >= 0.6 is 0 Å². The van der Waals surface area contributed by atoms with Crippen molar-refractivity contribution in [1.29, 1.82) is 0 Å².